The van der Waals surface area contributed by atoms with Gasteiger partial charge in [-0.2, -0.15) is 0 Å². The van der Waals surface area contributed by atoms with Crippen molar-refractivity contribution in [3.05, 3.63) is 29.3 Å². The lowest BCUT2D eigenvalue weighted by atomic mass is 9.78. The Morgan fingerprint density at radius 1 is 1.24 bits per heavy atom. The number of rotatable bonds is 3. The fourth-order valence-corrected chi connectivity index (χ4v) is 3.20. The number of thioether (sulfide) groups is 1. The Hall–Kier alpha value is -0.610. The van der Waals surface area contributed by atoms with Crippen molar-refractivity contribution in [3.63, 3.8) is 0 Å². The number of nitrogens with two attached hydrogens (primary N) is 1. The summed E-state index contributed by atoms with van der Waals surface area (Å²) in [5.41, 5.74) is 5.92. The summed E-state index contributed by atoms with van der Waals surface area (Å²) in [6.07, 6.45) is 5.55. The maximum absolute atomic E-state index is 14.1. The lowest BCUT2D eigenvalue weighted by Gasteiger charge is -2.28. The smallest absolute Gasteiger partial charge is 0.137 e. The van der Waals surface area contributed by atoms with Gasteiger partial charge in [0.15, 0.2) is 0 Å². The third-order valence-electron chi connectivity index (χ3n) is 3.76. The maximum atomic E-state index is 14.1. The Morgan fingerprint density at radius 2 is 1.88 bits per heavy atom. The normalized spacial score (nSPS) is 18.6. The van der Waals surface area contributed by atoms with E-state index in [1.54, 1.807) is 6.26 Å². The second kappa shape index (κ2) is 4.94. The summed E-state index contributed by atoms with van der Waals surface area (Å²) in [4.78, 5) is 0.358. The molecule has 17 heavy (non-hydrogen) atoms. The van der Waals surface area contributed by atoms with Gasteiger partial charge in [-0.15, -0.1) is 11.8 Å². The van der Waals surface area contributed by atoms with Crippen LogP contribution in [-0.4, -0.2) is 12.8 Å². The SMILES string of the molecule is CSc1cc(F)c(C2(CN)CCCC2)cc1F. The first-order valence-corrected chi connectivity index (χ1v) is 7.09. The van der Waals surface area contributed by atoms with Crippen LogP contribution in [0.4, 0.5) is 8.78 Å². The molecule has 1 aromatic rings. The molecule has 0 unspecified atom stereocenters. The quantitative estimate of drug-likeness (QED) is 0.839. The third kappa shape index (κ3) is 2.20. The highest BCUT2D eigenvalue weighted by Crippen LogP contribution is 2.42. The Balaban J connectivity index is 2.47. The average molecular weight is 257 g/mol. The summed E-state index contributed by atoms with van der Waals surface area (Å²) in [5.74, 6) is -0.656. The molecule has 1 nitrogen and oxygen atoms in total. The number of benzene rings is 1. The van der Waals surface area contributed by atoms with Crippen LogP contribution in [0.3, 0.4) is 0 Å². The number of hydrogen-bond acceptors (Lipinski definition) is 2. The highest BCUT2D eigenvalue weighted by Gasteiger charge is 2.37. The lowest BCUT2D eigenvalue weighted by Crippen LogP contribution is -2.33. The largest absolute Gasteiger partial charge is 0.330 e. The van der Waals surface area contributed by atoms with E-state index in [-0.39, 0.29) is 17.0 Å². The van der Waals surface area contributed by atoms with E-state index in [1.807, 2.05) is 0 Å². The average Bonchev–Trinajstić information content (AvgIpc) is 2.81. The molecular weight excluding hydrogens is 240 g/mol. The summed E-state index contributed by atoms with van der Waals surface area (Å²) in [7, 11) is 0. The van der Waals surface area contributed by atoms with Gasteiger partial charge in [0.05, 0.1) is 0 Å². The second-order valence-electron chi connectivity index (χ2n) is 4.66. The van der Waals surface area contributed by atoms with E-state index >= 15 is 0 Å². The van der Waals surface area contributed by atoms with Crippen LogP contribution in [0.5, 0.6) is 0 Å². The fourth-order valence-electron chi connectivity index (χ4n) is 2.73. The molecule has 4 heteroatoms. The molecule has 0 saturated heterocycles. The van der Waals surface area contributed by atoms with Crippen LogP contribution in [-0.2, 0) is 5.41 Å². The van der Waals surface area contributed by atoms with Crippen molar-refractivity contribution in [2.24, 2.45) is 5.73 Å². The topological polar surface area (TPSA) is 26.0 Å². The molecule has 1 saturated carbocycles. The van der Waals surface area contributed by atoms with Gasteiger partial charge in [-0.3, -0.25) is 0 Å². The second-order valence-corrected chi connectivity index (χ2v) is 5.51. The van der Waals surface area contributed by atoms with Gasteiger partial charge >= 0.3 is 0 Å². The highest BCUT2D eigenvalue weighted by atomic mass is 32.2. The van der Waals surface area contributed by atoms with Gasteiger partial charge in [-0.1, -0.05) is 12.8 Å². The van der Waals surface area contributed by atoms with E-state index in [0.29, 0.717) is 17.0 Å². The van der Waals surface area contributed by atoms with Gasteiger partial charge in [0.1, 0.15) is 11.6 Å². The molecule has 0 aliphatic heterocycles. The molecule has 2 N–H and O–H groups in total. The Morgan fingerprint density at radius 3 is 2.41 bits per heavy atom. The van der Waals surface area contributed by atoms with Crippen LogP contribution in [0.2, 0.25) is 0 Å². The zero-order chi connectivity index (χ0) is 12.5. The highest BCUT2D eigenvalue weighted by molar-refractivity contribution is 7.98. The van der Waals surface area contributed by atoms with Crippen molar-refractivity contribution in [3.8, 4) is 0 Å². The minimum Gasteiger partial charge on any atom is -0.330 e. The molecule has 2 rings (SSSR count). The molecule has 1 aromatic carbocycles. The van der Waals surface area contributed by atoms with Crippen LogP contribution < -0.4 is 5.73 Å². The monoisotopic (exact) mass is 257 g/mol. The van der Waals surface area contributed by atoms with Crippen molar-refractivity contribution in [1.82, 2.24) is 0 Å². The predicted octanol–water partition coefficient (Wildman–Crippen LogP) is 3.46. The van der Waals surface area contributed by atoms with Crippen LogP contribution in [0.1, 0.15) is 31.2 Å². The summed E-state index contributed by atoms with van der Waals surface area (Å²) >= 11 is 1.22. The van der Waals surface area contributed by atoms with Gasteiger partial charge in [0.2, 0.25) is 0 Å². The molecule has 0 aromatic heterocycles. The summed E-state index contributed by atoms with van der Waals surface area (Å²) in [6.45, 7) is 0.391. The van der Waals surface area contributed by atoms with E-state index in [2.05, 4.69) is 0 Å². The van der Waals surface area contributed by atoms with Crippen LogP contribution in [0, 0.1) is 11.6 Å². The minimum absolute atomic E-state index is 0.317. The zero-order valence-electron chi connectivity index (χ0n) is 9.93. The zero-order valence-corrected chi connectivity index (χ0v) is 10.7. The molecule has 0 spiro atoms. The Bertz CT molecular complexity index is 414. The Kier molecular flexibility index (Phi) is 3.73. The van der Waals surface area contributed by atoms with Crippen molar-refractivity contribution in [1.29, 1.82) is 0 Å². The standard InChI is InChI=1S/C13H17F2NS/c1-17-12-7-10(14)9(6-11(12)15)13(8-16)4-2-3-5-13/h6-7H,2-5,8,16H2,1H3. The van der Waals surface area contributed by atoms with E-state index in [1.165, 1.54) is 23.9 Å². The molecule has 0 bridgehead atoms. The van der Waals surface area contributed by atoms with E-state index in [4.69, 9.17) is 5.73 Å². The first-order valence-electron chi connectivity index (χ1n) is 5.86. The van der Waals surface area contributed by atoms with Crippen LogP contribution in [0.25, 0.3) is 0 Å². The maximum Gasteiger partial charge on any atom is 0.137 e. The van der Waals surface area contributed by atoms with Gasteiger partial charge in [0, 0.05) is 16.9 Å². The number of halogens is 2. The number of hydrogen-bond donors (Lipinski definition) is 1. The van der Waals surface area contributed by atoms with Crippen molar-refractivity contribution < 1.29 is 8.78 Å². The molecule has 1 fully saturated rings. The summed E-state index contributed by atoms with van der Waals surface area (Å²) in [6, 6.07) is 2.64. The van der Waals surface area contributed by atoms with Crippen molar-refractivity contribution in [2.45, 2.75) is 36.0 Å². The molecular formula is C13H17F2NS. The Labute approximate surface area is 105 Å². The third-order valence-corrected chi connectivity index (χ3v) is 4.52. The molecule has 94 valence electrons. The van der Waals surface area contributed by atoms with Crippen LogP contribution >= 0.6 is 11.8 Å². The fraction of sp³-hybridized carbons (Fsp3) is 0.538. The molecule has 1 aliphatic carbocycles. The first kappa shape index (κ1) is 12.8. The molecule has 0 heterocycles. The molecule has 0 atom stereocenters. The lowest BCUT2D eigenvalue weighted by molar-refractivity contribution is 0.420. The summed E-state index contributed by atoms with van der Waals surface area (Å²) in [5, 5.41) is 0. The van der Waals surface area contributed by atoms with Crippen LogP contribution in [0.15, 0.2) is 17.0 Å². The van der Waals surface area contributed by atoms with Gasteiger partial charge < -0.3 is 5.73 Å². The van der Waals surface area contributed by atoms with E-state index < -0.39 is 0 Å². The van der Waals surface area contributed by atoms with Crippen molar-refractivity contribution in [2.75, 3.05) is 12.8 Å². The first-order chi connectivity index (χ1) is 8.13. The predicted molar refractivity (Wildman–Crippen MR) is 67.3 cm³/mol. The van der Waals surface area contributed by atoms with Gasteiger partial charge in [-0.05, 0) is 36.8 Å². The molecule has 1 aliphatic rings. The van der Waals surface area contributed by atoms with Gasteiger partial charge in [-0.25, -0.2) is 8.78 Å². The van der Waals surface area contributed by atoms with E-state index in [9.17, 15) is 8.78 Å². The van der Waals surface area contributed by atoms with Crippen molar-refractivity contribution >= 4 is 11.8 Å². The minimum atomic E-state index is -0.345. The molecule has 0 radical (unpaired) electrons. The van der Waals surface area contributed by atoms with E-state index in [0.717, 1.165) is 25.7 Å². The summed E-state index contributed by atoms with van der Waals surface area (Å²) < 4.78 is 27.8. The molecule has 0 amide bonds. The van der Waals surface area contributed by atoms with Gasteiger partial charge in [0.25, 0.3) is 0 Å².